The van der Waals surface area contributed by atoms with Crippen LogP contribution in [0, 0.1) is 6.92 Å². The van der Waals surface area contributed by atoms with Crippen LogP contribution < -0.4 is 0 Å². The molecule has 2 aromatic heterocycles. The summed E-state index contributed by atoms with van der Waals surface area (Å²) in [4.78, 5) is 15.6. The van der Waals surface area contributed by atoms with E-state index in [0.29, 0.717) is 6.42 Å². The summed E-state index contributed by atoms with van der Waals surface area (Å²) >= 11 is 3.42. The topological polar surface area (TPSA) is 86.6 Å². The van der Waals surface area contributed by atoms with Crippen molar-refractivity contribution in [2.75, 3.05) is 5.75 Å². The number of rotatable bonds is 7. The quantitative estimate of drug-likeness (QED) is 0.349. The molecule has 4 aromatic rings. The van der Waals surface area contributed by atoms with Gasteiger partial charge in [0.1, 0.15) is 0 Å². The lowest BCUT2D eigenvalue weighted by molar-refractivity contribution is -0.137. The van der Waals surface area contributed by atoms with E-state index in [2.05, 4.69) is 41.1 Å². The number of fused-ring (bicyclic) bond motifs is 2. The van der Waals surface area contributed by atoms with E-state index in [1.807, 2.05) is 18.2 Å². The maximum absolute atomic E-state index is 10.8. The second-order valence-corrected chi connectivity index (χ2v) is 8.50. The first kappa shape index (κ1) is 20.4. The highest BCUT2D eigenvalue weighted by molar-refractivity contribution is 7.99. The van der Waals surface area contributed by atoms with Gasteiger partial charge in [-0.2, -0.15) is 0 Å². The Labute approximate surface area is 171 Å². The zero-order valence-electron chi connectivity index (χ0n) is 15.5. The van der Waals surface area contributed by atoms with Crippen molar-refractivity contribution in [1.29, 1.82) is 0 Å². The second kappa shape index (κ2) is 8.77. The Morgan fingerprint density at radius 1 is 1.21 bits per heavy atom. The van der Waals surface area contributed by atoms with Crippen LogP contribution in [0.3, 0.4) is 0 Å². The van der Waals surface area contributed by atoms with Gasteiger partial charge in [-0.25, -0.2) is 4.98 Å². The van der Waals surface area contributed by atoms with Crippen molar-refractivity contribution in [2.24, 2.45) is 0 Å². The van der Waals surface area contributed by atoms with Crippen molar-refractivity contribution in [1.82, 2.24) is 9.55 Å². The Bertz CT molecular complexity index is 1120. The standard InChI is InChI=1S/C21H20N2O2S2.H2O/c1-14-6-4-9-18-20(14)15(13-27-18)12-23-17-8-3-2-7-16(17)22-21(23)26-11-5-10-19(24)25;/h2-4,6-9,13H,5,10-12H2,1H3,(H,24,25);1H2. The molecule has 3 N–H and O–H groups in total. The van der Waals surface area contributed by atoms with Gasteiger partial charge in [-0.15, -0.1) is 11.3 Å². The molecule has 0 spiro atoms. The summed E-state index contributed by atoms with van der Waals surface area (Å²) in [6.07, 6.45) is 0.839. The van der Waals surface area contributed by atoms with E-state index in [1.54, 1.807) is 23.1 Å². The molecule has 146 valence electrons. The van der Waals surface area contributed by atoms with Crippen LogP contribution in [0.15, 0.2) is 53.0 Å². The van der Waals surface area contributed by atoms with Gasteiger partial charge in [-0.3, -0.25) is 4.79 Å². The third kappa shape index (κ3) is 4.06. The predicted molar refractivity (Wildman–Crippen MR) is 117 cm³/mol. The summed E-state index contributed by atoms with van der Waals surface area (Å²) in [5.74, 6) is 0.00304. The number of aryl methyl sites for hydroxylation is 1. The summed E-state index contributed by atoms with van der Waals surface area (Å²) in [7, 11) is 0. The van der Waals surface area contributed by atoms with Crippen LogP contribution in [0.1, 0.15) is 24.0 Å². The number of aliphatic carboxylic acids is 1. The number of hydrogen-bond acceptors (Lipinski definition) is 4. The predicted octanol–water partition coefficient (Wildman–Crippen LogP) is 4.74. The van der Waals surface area contributed by atoms with Crippen LogP contribution in [-0.4, -0.2) is 31.9 Å². The van der Waals surface area contributed by atoms with Crippen LogP contribution in [0.4, 0.5) is 0 Å². The molecule has 0 bridgehead atoms. The summed E-state index contributed by atoms with van der Waals surface area (Å²) in [6, 6.07) is 14.6. The number of para-hydroxylation sites is 2. The Balaban J connectivity index is 0.00000225. The molecule has 28 heavy (non-hydrogen) atoms. The number of carboxylic acid groups (broad SMARTS) is 1. The molecule has 0 fully saturated rings. The fourth-order valence-corrected chi connectivity index (χ4v) is 5.32. The zero-order chi connectivity index (χ0) is 18.8. The van der Waals surface area contributed by atoms with Gasteiger partial charge in [0.25, 0.3) is 0 Å². The Hall–Kier alpha value is -2.35. The number of thiophene rings is 1. The fourth-order valence-electron chi connectivity index (χ4n) is 3.33. The average molecular weight is 415 g/mol. The fraction of sp³-hybridized carbons (Fsp3) is 0.238. The monoisotopic (exact) mass is 414 g/mol. The van der Waals surface area contributed by atoms with Crippen LogP contribution >= 0.6 is 23.1 Å². The number of carboxylic acids is 1. The summed E-state index contributed by atoms with van der Waals surface area (Å²) in [5, 5.41) is 13.4. The second-order valence-electron chi connectivity index (χ2n) is 6.52. The third-order valence-electron chi connectivity index (χ3n) is 4.60. The number of thioether (sulfide) groups is 1. The van der Waals surface area contributed by atoms with Crippen molar-refractivity contribution in [3.05, 3.63) is 59.0 Å². The lowest BCUT2D eigenvalue weighted by atomic mass is 10.1. The van der Waals surface area contributed by atoms with Crippen molar-refractivity contribution >= 4 is 50.2 Å². The summed E-state index contributed by atoms with van der Waals surface area (Å²) < 4.78 is 3.57. The molecular weight excluding hydrogens is 392 g/mol. The molecule has 0 saturated carbocycles. The van der Waals surface area contributed by atoms with Gasteiger partial charge >= 0.3 is 5.97 Å². The highest BCUT2D eigenvalue weighted by Crippen LogP contribution is 2.32. The smallest absolute Gasteiger partial charge is 0.303 e. The number of carbonyl (C=O) groups is 1. The number of hydrogen-bond donors (Lipinski definition) is 1. The molecule has 5 nitrogen and oxygen atoms in total. The normalized spacial score (nSPS) is 11.0. The van der Waals surface area contributed by atoms with Gasteiger partial charge in [0.15, 0.2) is 5.16 Å². The van der Waals surface area contributed by atoms with E-state index >= 15 is 0 Å². The van der Waals surface area contributed by atoms with E-state index in [0.717, 1.165) is 28.5 Å². The molecular formula is C21H22N2O3S2. The Morgan fingerprint density at radius 2 is 2.04 bits per heavy atom. The summed E-state index contributed by atoms with van der Waals surface area (Å²) in [5.41, 5.74) is 4.70. The lowest BCUT2D eigenvalue weighted by Crippen LogP contribution is -2.02. The van der Waals surface area contributed by atoms with Gasteiger partial charge < -0.3 is 15.1 Å². The average Bonchev–Trinajstić information content (AvgIpc) is 3.22. The van der Waals surface area contributed by atoms with E-state index in [1.165, 1.54) is 21.2 Å². The minimum Gasteiger partial charge on any atom is -0.481 e. The van der Waals surface area contributed by atoms with Crippen molar-refractivity contribution in [2.45, 2.75) is 31.5 Å². The number of benzene rings is 2. The number of nitrogens with zero attached hydrogens (tertiary/aromatic N) is 2. The van der Waals surface area contributed by atoms with Gasteiger partial charge in [-0.1, -0.05) is 36.0 Å². The third-order valence-corrected chi connectivity index (χ3v) is 6.66. The largest absolute Gasteiger partial charge is 0.481 e. The molecule has 0 unspecified atom stereocenters. The van der Waals surface area contributed by atoms with Crippen LogP contribution in [0.25, 0.3) is 21.1 Å². The first-order valence-electron chi connectivity index (χ1n) is 8.89. The van der Waals surface area contributed by atoms with E-state index in [-0.39, 0.29) is 11.9 Å². The van der Waals surface area contributed by atoms with Gasteiger partial charge in [0.05, 0.1) is 17.6 Å². The Kier molecular flexibility index (Phi) is 6.39. The van der Waals surface area contributed by atoms with Crippen molar-refractivity contribution in [3.63, 3.8) is 0 Å². The highest BCUT2D eigenvalue weighted by Gasteiger charge is 2.14. The number of imidazole rings is 1. The maximum Gasteiger partial charge on any atom is 0.303 e. The van der Waals surface area contributed by atoms with Gasteiger partial charge in [0.2, 0.25) is 0 Å². The van der Waals surface area contributed by atoms with Crippen molar-refractivity contribution in [3.8, 4) is 0 Å². The molecule has 0 radical (unpaired) electrons. The van der Waals surface area contributed by atoms with Gasteiger partial charge in [0, 0.05) is 22.3 Å². The minimum absolute atomic E-state index is 0. The molecule has 2 heterocycles. The van der Waals surface area contributed by atoms with E-state index < -0.39 is 5.97 Å². The molecule has 0 aliphatic rings. The van der Waals surface area contributed by atoms with Crippen LogP contribution in [-0.2, 0) is 11.3 Å². The van der Waals surface area contributed by atoms with E-state index in [4.69, 9.17) is 10.1 Å². The lowest BCUT2D eigenvalue weighted by Gasteiger charge is -2.09. The van der Waals surface area contributed by atoms with Gasteiger partial charge in [-0.05, 0) is 48.1 Å². The molecule has 0 atom stereocenters. The highest BCUT2D eigenvalue weighted by atomic mass is 32.2. The van der Waals surface area contributed by atoms with E-state index in [9.17, 15) is 4.79 Å². The van der Waals surface area contributed by atoms with Crippen LogP contribution in [0.5, 0.6) is 0 Å². The molecule has 0 aliphatic carbocycles. The molecule has 2 aromatic carbocycles. The molecule has 0 amide bonds. The SMILES string of the molecule is Cc1cccc2scc(Cn3c(SCCCC(=O)O)nc4ccccc43)c12.O. The molecule has 0 saturated heterocycles. The molecule has 7 heteroatoms. The summed E-state index contributed by atoms with van der Waals surface area (Å²) in [6.45, 7) is 2.93. The van der Waals surface area contributed by atoms with Crippen molar-refractivity contribution < 1.29 is 15.4 Å². The molecule has 0 aliphatic heterocycles. The first-order chi connectivity index (χ1) is 13.1. The minimum atomic E-state index is -0.746. The zero-order valence-corrected chi connectivity index (χ0v) is 17.1. The first-order valence-corrected chi connectivity index (χ1v) is 10.8. The maximum atomic E-state index is 10.8. The Morgan fingerprint density at radius 3 is 2.86 bits per heavy atom. The van der Waals surface area contributed by atoms with Crippen LogP contribution in [0.2, 0.25) is 0 Å². The molecule has 4 rings (SSSR count). The number of aromatic nitrogens is 2.